The topological polar surface area (TPSA) is 169 Å². The number of benzene rings is 1. The Balaban J connectivity index is -0.000000451. The van der Waals surface area contributed by atoms with Gasteiger partial charge in [0.1, 0.15) is 0 Å². The molecule has 0 unspecified atom stereocenters. The van der Waals surface area contributed by atoms with Crippen LogP contribution in [0.15, 0.2) is 29.2 Å². The number of nitrogens with zero attached hydrogens (tertiary/aromatic N) is 1. The zero-order valence-electron chi connectivity index (χ0n) is 13.4. The van der Waals surface area contributed by atoms with Gasteiger partial charge in [-0.2, -0.15) is 4.31 Å². The Morgan fingerprint density at radius 3 is 1.70 bits per heavy atom. The van der Waals surface area contributed by atoms with Crippen molar-refractivity contribution in [2.45, 2.75) is 31.6 Å². The summed E-state index contributed by atoms with van der Waals surface area (Å²) in [6, 6.07) is 5.31. The molecule has 0 fully saturated rings. The van der Waals surface area contributed by atoms with E-state index in [0.29, 0.717) is 13.1 Å². The van der Waals surface area contributed by atoms with Crippen molar-refractivity contribution in [3.8, 4) is 0 Å². The molecule has 10 heteroatoms. The van der Waals surface area contributed by atoms with Gasteiger partial charge in [-0.1, -0.05) is 13.8 Å². The predicted octanol–water partition coefficient (Wildman–Crippen LogP) is -0.927. The standard InChI is InChI=1S/C13H19NO4S.3H2O.Tl.H/c1-3-9-14(10-4-2)19(17,18)12-7-5-11(6-8-12)13(15)16;;;;;/h5-8H,3-4,9-10H2,1-2H3,(H,15,16);3*1H2;;. The van der Waals surface area contributed by atoms with E-state index in [9.17, 15) is 13.2 Å². The van der Waals surface area contributed by atoms with E-state index >= 15 is 0 Å². The summed E-state index contributed by atoms with van der Waals surface area (Å²) in [5, 5.41) is 8.80. The molecule has 0 amide bonds. The molecular weight excluding hydrogens is 519 g/mol. The maximum absolute atomic E-state index is 12.4. The van der Waals surface area contributed by atoms with E-state index in [1.807, 2.05) is 13.8 Å². The molecule has 0 aliphatic carbocycles. The first-order chi connectivity index (χ1) is 8.93. The third kappa shape index (κ3) is 8.17. The summed E-state index contributed by atoms with van der Waals surface area (Å²) >= 11 is 0. The van der Waals surface area contributed by atoms with Crippen LogP contribution in [0.1, 0.15) is 37.0 Å². The zero-order valence-corrected chi connectivity index (χ0v) is 19.7. The molecule has 8 nitrogen and oxygen atoms in total. The van der Waals surface area contributed by atoms with Crippen molar-refractivity contribution in [1.82, 2.24) is 4.31 Å². The van der Waals surface area contributed by atoms with E-state index in [-0.39, 0.29) is 54.2 Å². The number of aromatic carboxylic acids is 1. The Kier molecular flexibility index (Phi) is 18.2. The fourth-order valence-electron chi connectivity index (χ4n) is 1.77. The zero-order chi connectivity index (χ0) is 14.5. The van der Waals surface area contributed by atoms with Gasteiger partial charge < -0.3 is 21.5 Å². The van der Waals surface area contributed by atoms with E-state index < -0.39 is 16.0 Å². The average Bonchev–Trinajstić information content (AvgIpc) is 2.38. The summed E-state index contributed by atoms with van der Waals surface area (Å²) in [4.78, 5) is 10.9. The van der Waals surface area contributed by atoms with Gasteiger partial charge in [-0.3, -0.25) is 0 Å². The van der Waals surface area contributed by atoms with Crippen LogP contribution in [0.2, 0.25) is 0 Å². The van der Waals surface area contributed by atoms with Gasteiger partial charge in [0.25, 0.3) is 0 Å². The second-order valence-corrected chi connectivity index (χ2v) is 6.17. The van der Waals surface area contributed by atoms with E-state index in [4.69, 9.17) is 5.11 Å². The average molecular weight is 545 g/mol. The number of hydrogen-bond acceptors (Lipinski definition) is 3. The Labute approximate surface area is 156 Å². The molecule has 1 radical (unpaired) electrons. The number of carbonyl (C=O) groups is 1. The van der Waals surface area contributed by atoms with Crippen LogP contribution in [0.25, 0.3) is 0 Å². The van der Waals surface area contributed by atoms with Crippen LogP contribution in [0, 0.1) is 0 Å². The molecule has 1 rings (SSSR count). The second kappa shape index (κ2) is 13.8. The van der Waals surface area contributed by atoms with Crippen molar-refractivity contribution >= 4 is 43.3 Å². The van der Waals surface area contributed by atoms with Crippen LogP contribution in [0.3, 0.4) is 0 Å². The quantitative estimate of drug-likeness (QED) is 0.438. The molecule has 134 valence electrons. The van der Waals surface area contributed by atoms with Crippen molar-refractivity contribution in [3.05, 3.63) is 29.8 Å². The monoisotopic (exact) mass is 545 g/mol. The molecule has 0 spiro atoms. The molecular formula is C13H26NO7STl. The van der Waals surface area contributed by atoms with Gasteiger partial charge in [0, 0.05) is 13.1 Å². The molecule has 0 atom stereocenters. The summed E-state index contributed by atoms with van der Waals surface area (Å²) < 4.78 is 26.2. The summed E-state index contributed by atoms with van der Waals surface area (Å²) in [7, 11) is -3.53. The van der Waals surface area contributed by atoms with Gasteiger partial charge in [0.2, 0.25) is 10.0 Å². The van der Waals surface area contributed by atoms with Crippen molar-refractivity contribution in [2.24, 2.45) is 0 Å². The van der Waals surface area contributed by atoms with Crippen LogP contribution in [-0.2, 0) is 10.0 Å². The normalized spacial score (nSPS) is 9.70. The van der Waals surface area contributed by atoms with Gasteiger partial charge in [0.15, 0.2) is 0 Å². The van der Waals surface area contributed by atoms with E-state index in [1.165, 1.54) is 28.6 Å². The van der Waals surface area contributed by atoms with Crippen LogP contribution < -0.4 is 0 Å². The third-order valence-electron chi connectivity index (χ3n) is 2.69. The summed E-state index contributed by atoms with van der Waals surface area (Å²) in [5.41, 5.74) is 0.0801. The molecule has 0 saturated carbocycles. The van der Waals surface area contributed by atoms with Crippen LogP contribution >= 0.6 is 0 Å². The van der Waals surface area contributed by atoms with Crippen LogP contribution in [0.5, 0.6) is 0 Å². The Hall–Kier alpha value is -0.598. The molecule has 7 N–H and O–H groups in total. The second-order valence-electron chi connectivity index (χ2n) is 4.23. The van der Waals surface area contributed by atoms with E-state index in [1.54, 1.807) is 0 Å². The number of carboxylic acid groups (broad SMARTS) is 1. The molecule has 23 heavy (non-hydrogen) atoms. The van der Waals surface area contributed by atoms with E-state index in [2.05, 4.69) is 0 Å². The molecule has 0 saturated heterocycles. The van der Waals surface area contributed by atoms with Crippen LogP contribution in [0.4, 0.5) is 0 Å². The molecule has 0 aliphatic rings. The van der Waals surface area contributed by atoms with E-state index in [0.717, 1.165) is 12.8 Å². The molecule has 0 heterocycles. The molecule has 1 aromatic carbocycles. The Morgan fingerprint density at radius 2 is 1.39 bits per heavy atom. The summed E-state index contributed by atoms with van der Waals surface area (Å²) in [5.74, 6) is -1.07. The van der Waals surface area contributed by atoms with Gasteiger partial charge in [-0.15, -0.1) is 0 Å². The fraction of sp³-hybridized carbons (Fsp3) is 0.462. The van der Waals surface area contributed by atoms with Crippen molar-refractivity contribution < 1.29 is 34.7 Å². The van der Waals surface area contributed by atoms with Crippen molar-refractivity contribution in [2.75, 3.05) is 13.1 Å². The van der Waals surface area contributed by atoms with Gasteiger partial charge in [-0.25, -0.2) is 13.2 Å². The fourth-order valence-corrected chi connectivity index (χ4v) is 3.39. The van der Waals surface area contributed by atoms with Gasteiger partial charge in [-0.05, 0) is 37.1 Å². The van der Waals surface area contributed by atoms with Crippen LogP contribution in [-0.4, -0.2) is 80.6 Å². The minimum absolute atomic E-state index is 0. The molecule has 0 aliphatic heterocycles. The Morgan fingerprint density at radius 1 is 1.00 bits per heavy atom. The number of hydrogen-bond donors (Lipinski definition) is 1. The molecule has 0 bridgehead atoms. The maximum atomic E-state index is 12.4. The van der Waals surface area contributed by atoms with Crippen molar-refractivity contribution in [1.29, 1.82) is 0 Å². The first-order valence-electron chi connectivity index (χ1n) is 6.27. The number of rotatable bonds is 7. The Bertz CT molecular complexity index is 528. The van der Waals surface area contributed by atoms with Crippen molar-refractivity contribution in [3.63, 3.8) is 0 Å². The first-order valence-corrected chi connectivity index (χ1v) is 7.71. The molecule has 0 aromatic heterocycles. The number of sulfonamides is 1. The SMILES string of the molecule is CCCN(CCC)S(=O)(=O)c1ccc(C(=O)O)cc1.O.O.O.[TlH]. The predicted molar refractivity (Wildman–Crippen MR) is 90.7 cm³/mol. The van der Waals surface area contributed by atoms with Gasteiger partial charge >= 0.3 is 33.3 Å². The summed E-state index contributed by atoms with van der Waals surface area (Å²) in [6.45, 7) is 4.78. The number of carboxylic acids is 1. The minimum atomic E-state index is -3.53. The molecule has 1 aromatic rings. The first kappa shape index (κ1) is 30.3. The summed E-state index contributed by atoms with van der Waals surface area (Å²) in [6.07, 6.45) is 1.48. The third-order valence-corrected chi connectivity index (χ3v) is 4.60. The van der Waals surface area contributed by atoms with Gasteiger partial charge in [0.05, 0.1) is 10.5 Å².